The van der Waals surface area contributed by atoms with E-state index in [-0.39, 0.29) is 27.3 Å². The van der Waals surface area contributed by atoms with Crippen LogP contribution in [0.25, 0.3) is 0 Å². The lowest BCUT2D eigenvalue weighted by Crippen LogP contribution is -2.32. The first-order valence-electron chi connectivity index (χ1n) is 9.32. The second-order valence-corrected chi connectivity index (χ2v) is 7.54. The molecule has 0 aliphatic carbocycles. The molecule has 3 amide bonds. The molecule has 0 atom stereocenters. The molecular formula is C23H14Cl2FN3O3. The van der Waals surface area contributed by atoms with Crippen LogP contribution in [-0.2, 0) is 9.59 Å². The van der Waals surface area contributed by atoms with E-state index in [1.165, 1.54) is 12.1 Å². The second-order valence-electron chi connectivity index (χ2n) is 6.76. The van der Waals surface area contributed by atoms with Crippen molar-refractivity contribution in [2.24, 2.45) is 0 Å². The molecule has 3 aromatic rings. The zero-order valence-electron chi connectivity index (χ0n) is 16.2. The zero-order valence-corrected chi connectivity index (χ0v) is 17.7. The van der Waals surface area contributed by atoms with Crippen LogP contribution in [0.2, 0.25) is 5.02 Å². The molecule has 0 saturated heterocycles. The predicted octanol–water partition coefficient (Wildman–Crippen LogP) is 5.17. The van der Waals surface area contributed by atoms with Crippen molar-refractivity contribution in [2.45, 2.75) is 0 Å². The topological polar surface area (TPSA) is 78.5 Å². The molecule has 0 aromatic heterocycles. The van der Waals surface area contributed by atoms with Crippen molar-refractivity contribution in [2.75, 3.05) is 15.5 Å². The van der Waals surface area contributed by atoms with Gasteiger partial charge in [-0.2, -0.15) is 0 Å². The van der Waals surface area contributed by atoms with Crippen LogP contribution in [0.4, 0.5) is 21.5 Å². The molecule has 1 heterocycles. The van der Waals surface area contributed by atoms with E-state index in [0.29, 0.717) is 16.9 Å². The standard InChI is InChI=1S/C23H14Cl2FN3O3/c24-17-12-16(9-10-18(17)26)29-22(31)19(25)20(23(29)32)27-15-8-4-5-13(11-15)21(30)28-14-6-2-1-3-7-14/h1-12,27H,(H,28,30). The van der Waals surface area contributed by atoms with Gasteiger partial charge < -0.3 is 10.6 Å². The third kappa shape index (κ3) is 4.21. The number of nitrogens with zero attached hydrogens (tertiary/aromatic N) is 1. The van der Waals surface area contributed by atoms with Gasteiger partial charge in [-0.15, -0.1) is 0 Å². The molecule has 0 saturated carbocycles. The SMILES string of the molecule is O=C(Nc1ccccc1)c1cccc(NC2=C(Cl)C(=O)N(c3ccc(F)c(Cl)c3)C2=O)c1. The highest BCUT2D eigenvalue weighted by Gasteiger charge is 2.39. The average molecular weight is 470 g/mol. The molecule has 0 radical (unpaired) electrons. The molecule has 0 bridgehead atoms. The van der Waals surface area contributed by atoms with Crippen LogP contribution >= 0.6 is 23.2 Å². The quantitative estimate of drug-likeness (QED) is 0.505. The number of anilines is 3. The Morgan fingerprint density at radius 2 is 1.56 bits per heavy atom. The van der Waals surface area contributed by atoms with Crippen molar-refractivity contribution in [1.29, 1.82) is 0 Å². The minimum atomic E-state index is -0.778. The van der Waals surface area contributed by atoms with E-state index in [0.717, 1.165) is 17.0 Å². The molecule has 1 aliphatic rings. The number of amides is 3. The van der Waals surface area contributed by atoms with Crippen molar-refractivity contribution >= 4 is 58.0 Å². The van der Waals surface area contributed by atoms with Gasteiger partial charge >= 0.3 is 0 Å². The molecule has 1 aliphatic heterocycles. The molecule has 160 valence electrons. The average Bonchev–Trinajstić information content (AvgIpc) is 3.00. The molecule has 2 N–H and O–H groups in total. The van der Waals surface area contributed by atoms with E-state index in [9.17, 15) is 18.8 Å². The second kappa shape index (κ2) is 8.82. The predicted molar refractivity (Wildman–Crippen MR) is 121 cm³/mol. The highest BCUT2D eigenvalue weighted by atomic mass is 35.5. The third-order valence-corrected chi connectivity index (χ3v) is 5.25. The first-order chi connectivity index (χ1) is 15.3. The van der Waals surface area contributed by atoms with Crippen LogP contribution in [0, 0.1) is 5.82 Å². The number of rotatable bonds is 5. The number of nitrogens with one attached hydrogen (secondary N) is 2. The first-order valence-corrected chi connectivity index (χ1v) is 10.1. The zero-order chi connectivity index (χ0) is 22.8. The van der Waals surface area contributed by atoms with E-state index in [2.05, 4.69) is 10.6 Å². The number of imide groups is 1. The summed E-state index contributed by atoms with van der Waals surface area (Å²) >= 11 is 11.9. The van der Waals surface area contributed by atoms with Crippen LogP contribution in [-0.4, -0.2) is 17.7 Å². The fourth-order valence-electron chi connectivity index (χ4n) is 3.08. The van der Waals surface area contributed by atoms with Gasteiger partial charge in [0.25, 0.3) is 17.7 Å². The van der Waals surface area contributed by atoms with Crippen molar-refractivity contribution in [3.8, 4) is 0 Å². The molecule has 3 aromatic carbocycles. The number of hydrogen-bond donors (Lipinski definition) is 2. The number of carbonyl (C=O) groups excluding carboxylic acids is 3. The molecule has 9 heteroatoms. The summed E-state index contributed by atoms with van der Waals surface area (Å²) in [5.74, 6) is -2.55. The maximum atomic E-state index is 13.5. The van der Waals surface area contributed by atoms with Crippen LogP contribution in [0.5, 0.6) is 0 Å². The Balaban J connectivity index is 1.55. The van der Waals surface area contributed by atoms with Gasteiger partial charge in [0.15, 0.2) is 0 Å². The van der Waals surface area contributed by atoms with Crippen LogP contribution in [0.3, 0.4) is 0 Å². The fourth-order valence-corrected chi connectivity index (χ4v) is 3.46. The first kappa shape index (κ1) is 21.5. The van der Waals surface area contributed by atoms with Gasteiger partial charge in [-0.3, -0.25) is 14.4 Å². The summed E-state index contributed by atoms with van der Waals surface area (Å²) in [6.45, 7) is 0. The molecule has 32 heavy (non-hydrogen) atoms. The van der Waals surface area contributed by atoms with Crippen molar-refractivity contribution in [3.05, 3.63) is 99.9 Å². The van der Waals surface area contributed by atoms with E-state index in [1.54, 1.807) is 42.5 Å². The number of carbonyl (C=O) groups is 3. The summed E-state index contributed by atoms with van der Waals surface area (Å²) in [5, 5.41) is 4.99. The summed E-state index contributed by atoms with van der Waals surface area (Å²) < 4.78 is 13.5. The monoisotopic (exact) mass is 469 g/mol. The Kier molecular flexibility index (Phi) is 5.94. The minimum Gasteiger partial charge on any atom is -0.350 e. The highest BCUT2D eigenvalue weighted by molar-refractivity contribution is 6.53. The maximum Gasteiger partial charge on any atom is 0.283 e. The van der Waals surface area contributed by atoms with Crippen molar-refractivity contribution < 1.29 is 18.8 Å². The lowest BCUT2D eigenvalue weighted by molar-refractivity contribution is -0.120. The van der Waals surface area contributed by atoms with Crippen molar-refractivity contribution in [3.63, 3.8) is 0 Å². The Morgan fingerprint density at radius 3 is 2.28 bits per heavy atom. The van der Waals surface area contributed by atoms with Crippen LogP contribution in [0.15, 0.2) is 83.5 Å². The normalized spacial score (nSPS) is 13.5. The minimum absolute atomic E-state index is 0.0809. The van der Waals surface area contributed by atoms with Crippen LogP contribution < -0.4 is 15.5 Å². The Bertz CT molecular complexity index is 1280. The molecule has 0 unspecified atom stereocenters. The summed E-state index contributed by atoms with van der Waals surface area (Å²) in [5.41, 5.74) is 1.25. The van der Waals surface area contributed by atoms with E-state index < -0.39 is 17.6 Å². The lowest BCUT2D eigenvalue weighted by Gasteiger charge is -2.15. The molecule has 0 fully saturated rings. The Hall–Kier alpha value is -3.68. The smallest absolute Gasteiger partial charge is 0.283 e. The number of halogens is 3. The summed E-state index contributed by atoms with van der Waals surface area (Å²) in [4.78, 5) is 38.8. The van der Waals surface area contributed by atoms with Gasteiger partial charge in [0.05, 0.1) is 10.7 Å². The number of hydrogen-bond acceptors (Lipinski definition) is 4. The lowest BCUT2D eigenvalue weighted by atomic mass is 10.1. The van der Waals surface area contributed by atoms with Gasteiger partial charge in [-0.1, -0.05) is 47.5 Å². The van der Waals surface area contributed by atoms with Gasteiger partial charge in [-0.05, 0) is 48.5 Å². The summed E-state index contributed by atoms with van der Waals surface area (Å²) in [7, 11) is 0. The fraction of sp³-hybridized carbons (Fsp3) is 0. The Labute approximate surface area is 192 Å². The summed E-state index contributed by atoms with van der Waals surface area (Å²) in [6, 6.07) is 18.8. The molecule has 4 rings (SSSR count). The van der Waals surface area contributed by atoms with Gasteiger partial charge in [-0.25, -0.2) is 9.29 Å². The van der Waals surface area contributed by atoms with E-state index in [4.69, 9.17) is 23.2 Å². The van der Waals surface area contributed by atoms with E-state index >= 15 is 0 Å². The van der Waals surface area contributed by atoms with Gasteiger partial charge in [0.1, 0.15) is 16.5 Å². The number of benzene rings is 3. The molecule has 6 nitrogen and oxygen atoms in total. The van der Waals surface area contributed by atoms with E-state index in [1.807, 2.05) is 6.07 Å². The highest BCUT2D eigenvalue weighted by Crippen LogP contribution is 2.32. The Morgan fingerprint density at radius 1 is 0.844 bits per heavy atom. The largest absolute Gasteiger partial charge is 0.350 e. The van der Waals surface area contributed by atoms with Crippen LogP contribution in [0.1, 0.15) is 10.4 Å². The molecular weight excluding hydrogens is 456 g/mol. The van der Waals surface area contributed by atoms with Crippen molar-refractivity contribution in [1.82, 2.24) is 0 Å². The third-order valence-electron chi connectivity index (χ3n) is 4.61. The summed E-state index contributed by atoms with van der Waals surface area (Å²) in [6.07, 6.45) is 0. The maximum absolute atomic E-state index is 13.5. The molecule has 0 spiro atoms. The van der Waals surface area contributed by atoms with Gasteiger partial charge in [0.2, 0.25) is 0 Å². The van der Waals surface area contributed by atoms with Gasteiger partial charge in [0, 0.05) is 16.9 Å². The number of para-hydroxylation sites is 1.